The number of rotatable bonds is 3. The summed E-state index contributed by atoms with van der Waals surface area (Å²) in [6.07, 6.45) is 3.77. The first kappa shape index (κ1) is 16.0. The zero-order chi connectivity index (χ0) is 13.3. The number of aryl methyl sites for hydroxylation is 2. The molecule has 0 radical (unpaired) electrons. The number of nitrogens with two attached hydrogens (primary N) is 1. The Morgan fingerprint density at radius 3 is 2.63 bits per heavy atom. The van der Waals surface area contributed by atoms with Crippen molar-refractivity contribution in [3.05, 3.63) is 11.3 Å². The number of nitrogens with zero attached hydrogens (tertiary/aromatic N) is 2. The minimum atomic E-state index is 0. The zero-order valence-electron chi connectivity index (χ0n) is 11.8. The third-order valence-corrected chi connectivity index (χ3v) is 3.94. The number of aromatic nitrogens is 2. The molecule has 1 heterocycles. The van der Waals surface area contributed by atoms with Crippen LogP contribution in [0.5, 0.6) is 0 Å². The van der Waals surface area contributed by atoms with Crippen LogP contribution in [0.25, 0.3) is 0 Å². The average Bonchev–Trinajstić information content (AvgIpc) is 2.79. The van der Waals surface area contributed by atoms with Crippen molar-refractivity contribution in [2.45, 2.75) is 45.6 Å². The molecule has 0 aliphatic heterocycles. The van der Waals surface area contributed by atoms with Crippen LogP contribution in [-0.4, -0.2) is 21.7 Å². The Balaban J connectivity index is 0.00000180. The Morgan fingerprint density at radius 1 is 1.47 bits per heavy atom. The highest BCUT2D eigenvalue weighted by Gasteiger charge is 2.26. The molecule has 1 saturated carbocycles. The smallest absolute Gasteiger partial charge is 0.225 e. The molecule has 1 fully saturated rings. The largest absolute Gasteiger partial charge is 0.327 e. The van der Waals surface area contributed by atoms with Crippen molar-refractivity contribution in [2.75, 3.05) is 5.32 Å². The van der Waals surface area contributed by atoms with Gasteiger partial charge in [-0.1, -0.05) is 6.42 Å². The minimum absolute atomic E-state index is 0. The lowest BCUT2D eigenvalue weighted by Gasteiger charge is -2.15. The molecule has 3 N–H and O–H groups in total. The highest BCUT2D eigenvalue weighted by molar-refractivity contribution is 5.90. The Bertz CT molecular complexity index is 458. The fraction of sp³-hybridized carbons (Fsp3) is 0.692. The number of hydrogen-bond donors (Lipinski definition) is 2. The van der Waals surface area contributed by atoms with Gasteiger partial charge in [0.25, 0.3) is 0 Å². The molecular formula is C13H23ClN4O. The van der Waals surface area contributed by atoms with E-state index < -0.39 is 0 Å². The lowest BCUT2D eigenvalue weighted by Crippen LogP contribution is -2.28. The van der Waals surface area contributed by atoms with Gasteiger partial charge in [0, 0.05) is 25.1 Å². The van der Waals surface area contributed by atoms with Crippen molar-refractivity contribution in [2.24, 2.45) is 18.7 Å². The average molecular weight is 287 g/mol. The van der Waals surface area contributed by atoms with E-state index in [4.69, 9.17) is 5.73 Å². The van der Waals surface area contributed by atoms with Gasteiger partial charge in [0.1, 0.15) is 5.82 Å². The van der Waals surface area contributed by atoms with Crippen molar-refractivity contribution in [1.29, 1.82) is 0 Å². The second-order valence-electron chi connectivity index (χ2n) is 5.29. The number of carbonyl (C=O) groups excluding carboxylic acids is 1. The number of halogens is 1. The summed E-state index contributed by atoms with van der Waals surface area (Å²) in [6, 6.07) is 0.185. The summed E-state index contributed by atoms with van der Waals surface area (Å²) in [7, 11) is 1.84. The quantitative estimate of drug-likeness (QED) is 0.891. The number of carbonyl (C=O) groups is 1. The molecule has 1 aromatic heterocycles. The molecule has 2 rings (SSSR count). The van der Waals surface area contributed by atoms with Crippen LogP contribution in [0.4, 0.5) is 5.82 Å². The van der Waals surface area contributed by atoms with Gasteiger partial charge in [-0.2, -0.15) is 5.10 Å². The maximum atomic E-state index is 12.0. The third-order valence-electron chi connectivity index (χ3n) is 3.94. The summed E-state index contributed by atoms with van der Waals surface area (Å²) in [5, 5.41) is 7.24. The van der Waals surface area contributed by atoms with Gasteiger partial charge in [0.05, 0.1) is 5.69 Å². The van der Waals surface area contributed by atoms with E-state index in [0.29, 0.717) is 12.3 Å². The summed E-state index contributed by atoms with van der Waals surface area (Å²) >= 11 is 0. The van der Waals surface area contributed by atoms with Crippen LogP contribution in [0.15, 0.2) is 0 Å². The predicted octanol–water partition coefficient (Wildman–Crippen LogP) is 1.91. The molecule has 0 saturated heterocycles. The molecule has 0 bridgehead atoms. The van der Waals surface area contributed by atoms with Gasteiger partial charge in [0.15, 0.2) is 0 Å². The predicted molar refractivity (Wildman–Crippen MR) is 78.5 cm³/mol. The molecule has 0 spiro atoms. The second kappa shape index (κ2) is 6.39. The normalized spacial score (nSPS) is 22.1. The summed E-state index contributed by atoms with van der Waals surface area (Å²) in [5.41, 5.74) is 7.97. The van der Waals surface area contributed by atoms with Gasteiger partial charge in [-0.05, 0) is 32.6 Å². The lowest BCUT2D eigenvalue weighted by molar-refractivity contribution is -0.117. The van der Waals surface area contributed by atoms with Gasteiger partial charge in [-0.3, -0.25) is 9.48 Å². The van der Waals surface area contributed by atoms with E-state index in [1.54, 1.807) is 4.68 Å². The molecule has 0 unspecified atom stereocenters. The zero-order valence-corrected chi connectivity index (χ0v) is 12.6. The number of anilines is 1. The number of amides is 1. The van der Waals surface area contributed by atoms with E-state index in [1.807, 2.05) is 20.9 Å². The molecular weight excluding hydrogens is 264 g/mol. The van der Waals surface area contributed by atoms with E-state index in [1.165, 1.54) is 0 Å². The standard InChI is InChI=1S/C13H22N4O.ClH/c1-8-9(2)16-17(3)13(8)15-12(18)7-10-5-4-6-11(10)14;/h10-11H,4-7,14H2,1-3H3,(H,15,18);1H/t10-,11+;/m0./s1. The molecule has 108 valence electrons. The van der Waals surface area contributed by atoms with Crippen LogP contribution in [0.3, 0.4) is 0 Å². The van der Waals surface area contributed by atoms with E-state index >= 15 is 0 Å². The van der Waals surface area contributed by atoms with Gasteiger partial charge in [-0.15, -0.1) is 12.4 Å². The second-order valence-corrected chi connectivity index (χ2v) is 5.29. The molecule has 2 atom stereocenters. The van der Waals surface area contributed by atoms with Crippen molar-refractivity contribution in [3.8, 4) is 0 Å². The molecule has 6 heteroatoms. The first-order valence-electron chi connectivity index (χ1n) is 6.54. The summed E-state index contributed by atoms with van der Waals surface area (Å²) in [6.45, 7) is 3.91. The van der Waals surface area contributed by atoms with E-state index in [-0.39, 0.29) is 24.4 Å². The summed E-state index contributed by atoms with van der Waals surface area (Å²) in [5.74, 6) is 1.17. The topological polar surface area (TPSA) is 72.9 Å². The summed E-state index contributed by atoms with van der Waals surface area (Å²) < 4.78 is 1.72. The van der Waals surface area contributed by atoms with Crippen LogP contribution in [0, 0.1) is 19.8 Å². The molecule has 1 amide bonds. The van der Waals surface area contributed by atoms with Crippen LogP contribution in [0.2, 0.25) is 0 Å². The van der Waals surface area contributed by atoms with Gasteiger partial charge >= 0.3 is 0 Å². The maximum Gasteiger partial charge on any atom is 0.225 e. The molecule has 19 heavy (non-hydrogen) atoms. The highest BCUT2D eigenvalue weighted by Crippen LogP contribution is 2.27. The Hall–Kier alpha value is -1.07. The fourth-order valence-corrected chi connectivity index (χ4v) is 2.68. The van der Waals surface area contributed by atoms with Crippen LogP contribution < -0.4 is 11.1 Å². The van der Waals surface area contributed by atoms with Gasteiger partial charge in [0.2, 0.25) is 5.91 Å². The Morgan fingerprint density at radius 2 is 2.16 bits per heavy atom. The number of nitrogens with one attached hydrogen (secondary N) is 1. The molecule has 1 aliphatic rings. The lowest BCUT2D eigenvalue weighted by atomic mass is 10.00. The molecule has 5 nitrogen and oxygen atoms in total. The first-order valence-corrected chi connectivity index (χ1v) is 6.54. The SMILES string of the molecule is Cc1nn(C)c(NC(=O)C[C@@H]2CCC[C@H]2N)c1C.Cl. The van der Waals surface area contributed by atoms with Crippen molar-refractivity contribution in [1.82, 2.24) is 9.78 Å². The van der Waals surface area contributed by atoms with Crippen molar-refractivity contribution < 1.29 is 4.79 Å². The van der Waals surface area contributed by atoms with E-state index in [9.17, 15) is 4.79 Å². The fourth-order valence-electron chi connectivity index (χ4n) is 2.68. The number of hydrogen-bond acceptors (Lipinski definition) is 3. The molecule has 1 aliphatic carbocycles. The minimum Gasteiger partial charge on any atom is -0.327 e. The van der Waals surface area contributed by atoms with Gasteiger partial charge < -0.3 is 11.1 Å². The van der Waals surface area contributed by atoms with Crippen molar-refractivity contribution in [3.63, 3.8) is 0 Å². The molecule has 0 aromatic carbocycles. The van der Waals surface area contributed by atoms with Crippen LogP contribution in [-0.2, 0) is 11.8 Å². The van der Waals surface area contributed by atoms with E-state index in [0.717, 1.165) is 36.3 Å². The maximum absolute atomic E-state index is 12.0. The highest BCUT2D eigenvalue weighted by atomic mass is 35.5. The Labute approximate surface area is 120 Å². The third kappa shape index (κ3) is 3.48. The monoisotopic (exact) mass is 286 g/mol. The Kier molecular flexibility index (Phi) is 5.38. The first-order chi connectivity index (χ1) is 8.49. The van der Waals surface area contributed by atoms with E-state index in [2.05, 4.69) is 10.4 Å². The van der Waals surface area contributed by atoms with Gasteiger partial charge in [-0.25, -0.2) is 0 Å². The summed E-state index contributed by atoms with van der Waals surface area (Å²) in [4.78, 5) is 12.0. The van der Waals surface area contributed by atoms with Crippen LogP contribution >= 0.6 is 12.4 Å². The van der Waals surface area contributed by atoms with Crippen LogP contribution in [0.1, 0.15) is 36.9 Å². The molecule has 1 aromatic rings. The van der Waals surface area contributed by atoms with Crippen molar-refractivity contribution >= 4 is 24.1 Å².